The predicted molar refractivity (Wildman–Crippen MR) is 50.1 cm³/mol. The fraction of sp³-hybridized carbons (Fsp3) is 0.750. The summed E-state index contributed by atoms with van der Waals surface area (Å²) in [6.45, 7) is 4.63. The Hall–Kier alpha value is -1.26. The Labute approximate surface area is 78.3 Å². The summed E-state index contributed by atoms with van der Waals surface area (Å²) in [5, 5.41) is 2.68. The topological polar surface area (TPSA) is 75.4 Å². The Morgan fingerprint density at radius 1 is 1.46 bits per heavy atom. The molecule has 0 spiro atoms. The van der Waals surface area contributed by atoms with Gasteiger partial charge in [0, 0.05) is 13.6 Å². The number of carbonyl (C=O) groups excluding carboxylic acids is 2. The van der Waals surface area contributed by atoms with Gasteiger partial charge in [-0.3, -0.25) is 4.79 Å². The van der Waals surface area contributed by atoms with Crippen LogP contribution in [0.25, 0.3) is 0 Å². The molecule has 0 aromatic rings. The van der Waals surface area contributed by atoms with Crippen molar-refractivity contribution < 1.29 is 9.59 Å². The number of nitrogens with one attached hydrogen (secondary N) is 1. The molecule has 0 aromatic carbocycles. The average molecular weight is 187 g/mol. The van der Waals surface area contributed by atoms with Gasteiger partial charge in [0.25, 0.3) is 0 Å². The van der Waals surface area contributed by atoms with Crippen LogP contribution in [0.2, 0.25) is 0 Å². The van der Waals surface area contributed by atoms with Crippen molar-refractivity contribution >= 4 is 11.9 Å². The first-order valence-electron chi connectivity index (χ1n) is 4.20. The van der Waals surface area contributed by atoms with Gasteiger partial charge in [-0.25, -0.2) is 4.79 Å². The van der Waals surface area contributed by atoms with Crippen LogP contribution in [0, 0.1) is 5.92 Å². The molecule has 0 bridgehead atoms. The summed E-state index contributed by atoms with van der Waals surface area (Å²) in [5.74, 6) is 0.220. The minimum Gasteiger partial charge on any atom is -0.354 e. The number of hydrogen-bond acceptors (Lipinski definition) is 2. The van der Waals surface area contributed by atoms with E-state index >= 15 is 0 Å². The summed E-state index contributed by atoms with van der Waals surface area (Å²) in [5.41, 5.74) is 4.95. The second-order valence-electron chi connectivity index (χ2n) is 3.39. The second-order valence-corrected chi connectivity index (χ2v) is 3.39. The van der Waals surface area contributed by atoms with Gasteiger partial charge < -0.3 is 16.0 Å². The molecule has 0 atom stereocenters. The van der Waals surface area contributed by atoms with Crippen molar-refractivity contribution in [1.29, 1.82) is 0 Å². The first-order valence-corrected chi connectivity index (χ1v) is 4.20. The van der Waals surface area contributed by atoms with Crippen LogP contribution in [-0.2, 0) is 4.79 Å². The fourth-order valence-electron chi connectivity index (χ4n) is 0.667. The van der Waals surface area contributed by atoms with Gasteiger partial charge in [-0.1, -0.05) is 13.8 Å². The Kier molecular flexibility index (Phi) is 4.87. The van der Waals surface area contributed by atoms with E-state index in [1.807, 2.05) is 13.8 Å². The van der Waals surface area contributed by atoms with Gasteiger partial charge in [0.15, 0.2) is 0 Å². The van der Waals surface area contributed by atoms with E-state index in [1.165, 1.54) is 7.05 Å². The maximum Gasteiger partial charge on any atom is 0.314 e. The summed E-state index contributed by atoms with van der Waals surface area (Å²) in [6, 6.07) is -0.598. The highest BCUT2D eigenvalue weighted by Crippen LogP contribution is 1.87. The van der Waals surface area contributed by atoms with E-state index in [2.05, 4.69) is 5.32 Å². The Morgan fingerprint density at radius 3 is 2.38 bits per heavy atom. The molecule has 5 heteroatoms. The molecule has 0 unspecified atom stereocenters. The molecule has 0 saturated carbocycles. The van der Waals surface area contributed by atoms with Gasteiger partial charge in [-0.2, -0.15) is 0 Å². The molecule has 0 aromatic heterocycles. The summed E-state index contributed by atoms with van der Waals surface area (Å²) < 4.78 is 0. The molecular weight excluding hydrogens is 170 g/mol. The molecule has 13 heavy (non-hydrogen) atoms. The summed E-state index contributed by atoms with van der Waals surface area (Å²) >= 11 is 0. The first kappa shape index (κ1) is 11.7. The average Bonchev–Trinajstić information content (AvgIpc) is 2.00. The number of likely N-dealkylation sites (N-methyl/N-ethyl adjacent to an activating group) is 1. The minimum absolute atomic E-state index is 0.0159. The third-order valence-electron chi connectivity index (χ3n) is 1.46. The van der Waals surface area contributed by atoms with Gasteiger partial charge in [0.1, 0.15) is 6.54 Å². The quantitative estimate of drug-likeness (QED) is 0.638. The van der Waals surface area contributed by atoms with E-state index in [0.717, 1.165) is 4.90 Å². The molecule has 0 aliphatic heterocycles. The molecule has 0 aliphatic rings. The lowest BCUT2D eigenvalue weighted by atomic mass is 10.2. The Bertz CT molecular complexity index is 192. The van der Waals surface area contributed by atoms with Crippen LogP contribution in [0.1, 0.15) is 13.8 Å². The first-order chi connectivity index (χ1) is 5.93. The molecule has 0 heterocycles. The lowest BCUT2D eigenvalue weighted by molar-refractivity contribution is -0.121. The molecular formula is C8H17N3O2. The van der Waals surface area contributed by atoms with Crippen molar-refractivity contribution in [3.05, 3.63) is 0 Å². The monoisotopic (exact) mass is 187 g/mol. The normalized spacial score (nSPS) is 9.85. The highest BCUT2D eigenvalue weighted by molar-refractivity contribution is 5.83. The number of urea groups is 1. The van der Waals surface area contributed by atoms with E-state index in [4.69, 9.17) is 5.73 Å². The fourth-order valence-corrected chi connectivity index (χ4v) is 0.667. The van der Waals surface area contributed by atoms with E-state index < -0.39 is 6.03 Å². The SMILES string of the molecule is CC(C)CNC(=O)CN(C)C(N)=O. The van der Waals surface area contributed by atoms with Gasteiger partial charge in [-0.15, -0.1) is 0 Å². The molecule has 0 aliphatic carbocycles. The third kappa shape index (κ3) is 5.95. The van der Waals surface area contributed by atoms with Gasteiger partial charge >= 0.3 is 6.03 Å². The van der Waals surface area contributed by atoms with Crippen LogP contribution >= 0.6 is 0 Å². The van der Waals surface area contributed by atoms with Crippen molar-refractivity contribution in [2.45, 2.75) is 13.8 Å². The maximum absolute atomic E-state index is 11.1. The van der Waals surface area contributed by atoms with Crippen molar-refractivity contribution in [2.24, 2.45) is 11.7 Å². The number of nitrogens with zero attached hydrogens (tertiary/aromatic N) is 1. The minimum atomic E-state index is -0.598. The number of nitrogens with two attached hydrogens (primary N) is 1. The van der Waals surface area contributed by atoms with Crippen LogP contribution in [0.15, 0.2) is 0 Å². The molecule has 3 amide bonds. The van der Waals surface area contributed by atoms with E-state index in [0.29, 0.717) is 12.5 Å². The highest BCUT2D eigenvalue weighted by atomic mass is 16.2. The highest BCUT2D eigenvalue weighted by Gasteiger charge is 2.08. The molecule has 0 fully saturated rings. The number of amides is 3. The summed E-state index contributed by atoms with van der Waals surface area (Å²) in [4.78, 5) is 22.8. The van der Waals surface area contributed by atoms with Crippen LogP contribution < -0.4 is 11.1 Å². The smallest absolute Gasteiger partial charge is 0.314 e. The molecule has 5 nitrogen and oxygen atoms in total. The Balaban J connectivity index is 3.68. The van der Waals surface area contributed by atoms with Crippen LogP contribution in [0.3, 0.4) is 0 Å². The summed E-state index contributed by atoms with van der Waals surface area (Å²) in [7, 11) is 1.48. The number of carbonyl (C=O) groups is 2. The van der Waals surface area contributed by atoms with E-state index in [1.54, 1.807) is 0 Å². The standard InChI is InChI=1S/C8H17N3O2/c1-6(2)4-10-7(12)5-11(3)8(9)13/h6H,4-5H2,1-3H3,(H2,9,13)(H,10,12). The maximum atomic E-state index is 11.1. The second kappa shape index (κ2) is 5.40. The lowest BCUT2D eigenvalue weighted by Crippen LogP contribution is -2.41. The number of rotatable bonds is 4. The predicted octanol–water partition coefficient (Wildman–Crippen LogP) is -0.231. The van der Waals surface area contributed by atoms with E-state index in [9.17, 15) is 9.59 Å². The third-order valence-corrected chi connectivity index (χ3v) is 1.46. The zero-order valence-corrected chi connectivity index (χ0v) is 8.33. The van der Waals surface area contributed by atoms with E-state index in [-0.39, 0.29) is 12.5 Å². The van der Waals surface area contributed by atoms with Gasteiger partial charge in [0.05, 0.1) is 0 Å². The van der Waals surface area contributed by atoms with Crippen LogP contribution in [0.5, 0.6) is 0 Å². The largest absolute Gasteiger partial charge is 0.354 e. The van der Waals surface area contributed by atoms with Gasteiger partial charge in [0.2, 0.25) is 5.91 Å². The van der Waals surface area contributed by atoms with Crippen molar-refractivity contribution in [2.75, 3.05) is 20.1 Å². The lowest BCUT2D eigenvalue weighted by Gasteiger charge is -2.14. The molecule has 0 rings (SSSR count). The van der Waals surface area contributed by atoms with Gasteiger partial charge in [-0.05, 0) is 5.92 Å². The number of hydrogen-bond donors (Lipinski definition) is 2. The number of primary amides is 1. The van der Waals surface area contributed by atoms with Crippen molar-refractivity contribution in [3.8, 4) is 0 Å². The molecule has 0 saturated heterocycles. The molecule has 76 valence electrons. The Morgan fingerprint density at radius 2 is 2.00 bits per heavy atom. The summed E-state index contributed by atoms with van der Waals surface area (Å²) in [6.07, 6.45) is 0. The zero-order chi connectivity index (χ0) is 10.4. The van der Waals surface area contributed by atoms with Crippen molar-refractivity contribution in [3.63, 3.8) is 0 Å². The zero-order valence-electron chi connectivity index (χ0n) is 8.33. The van der Waals surface area contributed by atoms with Crippen LogP contribution in [-0.4, -0.2) is 37.0 Å². The van der Waals surface area contributed by atoms with Crippen molar-refractivity contribution in [1.82, 2.24) is 10.2 Å². The molecule has 0 radical (unpaired) electrons. The van der Waals surface area contributed by atoms with Crippen LogP contribution in [0.4, 0.5) is 4.79 Å². The molecule has 3 N–H and O–H groups in total.